The molecule has 0 spiro atoms. The van der Waals surface area contributed by atoms with E-state index >= 15 is 0 Å². The molecule has 0 bridgehead atoms. The maximum absolute atomic E-state index is 12.2. The van der Waals surface area contributed by atoms with Gasteiger partial charge in [0.25, 0.3) is 0 Å². The third-order valence-electron chi connectivity index (χ3n) is 4.90. The van der Waals surface area contributed by atoms with Gasteiger partial charge in [-0.2, -0.15) is 0 Å². The van der Waals surface area contributed by atoms with Crippen LogP contribution in [0.2, 0.25) is 0 Å². The predicted molar refractivity (Wildman–Crippen MR) is 100 cm³/mol. The van der Waals surface area contributed by atoms with Crippen LogP contribution in [0.15, 0.2) is 42.5 Å². The molecule has 1 amide bonds. The Balaban J connectivity index is 1.44. The molecule has 2 aromatic carbocycles. The molecule has 0 unspecified atom stereocenters. The molecule has 0 atom stereocenters. The van der Waals surface area contributed by atoms with E-state index in [-0.39, 0.29) is 5.91 Å². The fourth-order valence-electron chi connectivity index (χ4n) is 3.57. The highest BCUT2D eigenvalue weighted by atomic mass is 16.1. The Labute approximate surface area is 145 Å². The maximum Gasteiger partial charge on any atom is 0.224 e. The van der Waals surface area contributed by atoms with Crippen LogP contribution in [0.25, 0.3) is 10.8 Å². The van der Waals surface area contributed by atoms with Crippen LogP contribution < -0.4 is 5.32 Å². The molecule has 0 saturated carbocycles. The molecule has 0 aromatic heterocycles. The predicted octanol–water partition coefficient (Wildman–Crippen LogP) is 3.76. The van der Waals surface area contributed by atoms with Crippen LogP contribution in [-0.2, 0) is 11.2 Å². The van der Waals surface area contributed by atoms with E-state index in [1.807, 2.05) is 18.2 Å². The molecule has 0 aliphatic carbocycles. The molecule has 2 aromatic rings. The number of hydrogen-bond donors (Lipinski definition) is 1. The molecule has 1 saturated heterocycles. The summed E-state index contributed by atoms with van der Waals surface area (Å²) in [7, 11) is 0. The number of amides is 1. The van der Waals surface area contributed by atoms with Gasteiger partial charge in [-0.1, -0.05) is 55.3 Å². The van der Waals surface area contributed by atoms with Gasteiger partial charge in [0, 0.05) is 6.54 Å². The molecule has 128 valence electrons. The van der Waals surface area contributed by atoms with Gasteiger partial charge < -0.3 is 10.2 Å². The third kappa shape index (κ3) is 4.81. The summed E-state index contributed by atoms with van der Waals surface area (Å²) in [5.41, 5.74) is 1.11. The van der Waals surface area contributed by atoms with Crippen LogP contribution in [0.5, 0.6) is 0 Å². The van der Waals surface area contributed by atoms with E-state index in [0.29, 0.717) is 6.42 Å². The summed E-state index contributed by atoms with van der Waals surface area (Å²) in [4.78, 5) is 14.8. The number of nitrogens with zero attached hydrogens (tertiary/aromatic N) is 1. The highest BCUT2D eigenvalue weighted by molar-refractivity contribution is 5.90. The zero-order valence-electron chi connectivity index (χ0n) is 14.5. The van der Waals surface area contributed by atoms with Gasteiger partial charge in [-0.3, -0.25) is 4.79 Å². The quantitative estimate of drug-likeness (QED) is 0.821. The van der Waals surface area contributed by atoms with E-state index < -0.39 is 0 Å². The SMILES string of the molecule is O=C(Cc1cccc2ccccc12)NCCCN1CCCCCC1. The van der Waals surface area contributed by atoms with Gasteiger partial charge in [0.15, 0.2) is 0 Å². The van der Waals surface area contributed by atoms with E-state index in [1.165, 1.54) is 49.5 Å². The second-order valence-corrected chi connectivity index (χ2v) is 6.77. The van der Waals surface area contributed by atoms with Gasteiger partial charge in [0.05, 0.1) is 6.42 Å². The molecule has 1 heterocycles. The number of fused-ring (bicyclic) bond motifs is 1. The van der Waals surface area contributed by atoms with Crippen molar-refractivity contribution < 1.29 is 4.79 Å². The van der Waals surface area contributed by atoms with Gasteiger partial charge in [0.2, 0.25) is 5.91 Å². The normalized spacial score (nSPS) is 16.0. The first-order valence-electron chi connectivity index (χ1n) is 9.28. The van der Waals surface area contributed by atoms with Crippen molar-refractivity contribution in [2.24, 2.45) is 0 Å². The highest BCUT2D eigenvalue weighted by Gasteiger charge is 2.09. The zero-order valence-corrected chi connectivity index (χ0v) is 14.5. The lowest BCUT2D eigenvalue weighted by molar-refractivity contribution is -0.120. The van der Waals surface area contributed by atoms with Crippen LogP contribution in [-0.4, -0.2) is 37.0 Å². The Bertz CT molecular complexity index is 654. The van der Waals surface area contributed by atoms with Crippen molar-refractivity contribution in [3.63, 3.8) is 0 Å². The molecule has 1 aliphatic heterocycles. The summed E-state index contributed by atoms with van der Waals surface area (Å²) in [6.45, 7) is 4.34. The molecular weight excluding hydrogens is 296 g/mol. The maximum atomic E-state index is 12.2. The fraction of sp³-hybridized carbons (Fsp3) is 0.476. The Kier molecular flexibility index (Phi) is 6.25. The van der Waals surface area contributed by atoms with E-state index in [2.05, 4.69) is 34.5 Å². The summed E-state index contributed by atoms with van der Waals surface area (Å²) < 4.78 is 0. The monoisotopic (exact) mass is 324 g/mol. The van der Waals surface area contributed by atoms with Gasteiger partial charge in [-0.05, 0) is 55.2 Å². The van der Waals surface area contributed by atoms with Crippen molar-refractivity contribution in [3.8, 4) is 0 Å². The van der Waals surface area contributed by atoms with Gasteiger partial charge in [-0.25, -0.2) is 0 Å². The van der Waals surface area contributed by atoms with E-state index in [4.69, 9.17) is 0 Å². The molecule has 1 fully saturated rings. The van der Waals surface area contributed by atoms with Crippen LogP contribution in [0.1, 0.15) is 37.7 Å². The number of rotatable bonds is 6. The molecule has 1 N–H and O–H groups in total. The second kappa shape index (κ2) is 8.84. The van der Waals surface area contributed by atoms with Crippen molar-refractivity contribution in [1.82, 2.24) is 10.2 Å². The highest BCUT2D eigenvalue weighted by Crippen LogP contribution is 2.18. The van der Waals surface area contributed by atoms with Crippen molar-refractivity contribution in [1.29, 1.82) is 0 Å². The summed E-state index contributed by atoms with van der Waals surface area (Å²) in [6, 6.07) is 14.4. The Morgan fingerprint density at radius 1 is 0.958 bits per heavy atom. The molecule has 3 nitrogen and oxygen atoms in total. The molecule has 3 rings (SSSR count). The van der Waals surface area contributed by atoms with Crippen molar-refractivity contribution >= 4 is 16.7 Å². The number of hydrogen-bond acceptors (Lipinski definition) is 2. The minimum atomic E-state index is 0.127. The molecule has 3 heteroatoms. The van der Waals surface area contributed by atoms with Gasteiger partial charge in [0.1, 0.15) is 0 Å². The minimum absolute atomic E-state index is 0.127. The smallest absolute Gasteiger partial charge is 0.224 e. The van der Waals surface area contributed by atoms with E-state index in [0.717, 1.165) is 25.1 Å². The Morgan fingerprint density at radius 2 is 1.71 bits per heavy atom. The number of nitrogens with one attached hydrogen (secondary N) is 1. The largest absolute Gasteiger partial charge is 0.356 e. The topological polar surface area (TPSA) is 32.3 Å². The standard InChI is InChI=1S/C21H28N2O/c24-21(22-13-8-16-23-14-5-1-2-6-15-23)17-19-11-7-10-18-9-3-4-12-20(18)19/h3-4,7,9-12H,1-2,5-6,8,13-17H2,(H,22,24). The average Bonchev–Trinajstić information content (AvgIpc) is 2.88. The minimum Gasteiger partial charge on any atom is -0.356 e. The number of benzene rings is 2. The summed E-state index contributed by atoms with van der Waals surface area (Å²) in [5, 5.41) is 5.46. The van der Waals surface area contributed by atoms with Crippen LogP contribution in [0.3, 0.4) is 0 Å². The first kappa shape index (κ1) is 17.0. The summed E-state index contributed by atoms with van der Waals surface area (Å²) >= 11 is 0. The van der Waals surface area contributed by atoms with Crippen molar-refractivity contribution in [3.05, 3.63) is 48.0 Å². The first-order chi connectivity index (χ1) is 11.8. The zero-order chi connectivity index (χ0) is 16.6. The number of carbonyl (C=O) groups excluding carboxylic acids is 1. The van der Waals surface area contributed by atoms with Crippen LogP contribution in [0.4, 0.5) is 0 Å². The van der Waals surface area contributed by atoms with Crippen LogP contribution >= 0.6 is 0 Å². The van der Waals surface area contributed by atoms with Gasteiger partial charge in [-0.15, -0.1) is 0 Å². The van der Waals surface area contributed by atoms with E-state index in [1.54, 1.807) is 0 Å². The Morgan fingerprint density at radius 3 is 2.54 bits per heavy atom. The molecule has 0 radical (unpaired) electrons. The average molecular weight is 324 g/mol. The van der Waals surface area contributed by atoms with Gasteiger partial charge >= 0.3 is 0 Å². The summed E-state index contributed by atoms with van der Waals surface area (Å²) in [6.07, 6.45) is 6.91. The molecule has 1 aliphatic rings. The molecular formula is C21H28N2O. The second-order valence-electron chi connectivity index (χ2n) is 6.77. The fourth-order valence-corrected chi connectivity index (χ4v) is 3.57. The third-order valence-corrected chi connectivity index (χ3v) is 4.90. The lowest BCUT2D eigenvalue weighted by Gasteiger charge is -2.19. The number of likely N-dealkylation sites (tertiary alicyclic amines) is 1. The van der Waals surface area contributed by atoms with Crippen LogP contribution in [0, 0.1) is 0 Å². The van der Waals surface area contributed by atoms with E-state index in [9.17, 15) is 4.79 Å². The Hall–Kier alpha value is -1.87. The number of carbonyl (C=O) groups is 1. The lowest BCUT2D eigenvalue weighted by Crippen LogP contribution is -2.31. The lowest BCUT2D eigenvalue weighted by atomic mass is 10.0. The first-order valence-corrected chi connectivity index (χ1v) is 9.28. The van der Waals surface area contributed by atoms with Crippen molar-refractivity contribution in [2.45, 2.75) is 38.5 Å². The summed E-state index contributed by atoms with van der Waals surface area (Å²) in [5.74, 6) is 0.127. The molecule has 24 heavy (non-hydrogen) atoms. The van der Waals surface area contributed by atoms with Crippen molar-refractivity contribution in [2.75, 3.05) is 26.2 Å².